The molecule has 0 bridgehead atoms. The van der Waals surface area contributed by atoms with Gasteiger partial charge in [-0.05, 0) is 30.2 Å². The first-order chi connectivity index (χ1) is 4.91. The van der Waals surface area contributed by atoms with E-state index >= 15 is 0 Å². The van der Waals surface area contributed by atoms with Crippen LogP contribution in [0.2, 0.25) is 0 Å². The van der Waals surface area contributed by atoms with E-state index < -0.39 is 0 Å². The average molecular weight is 238 g/mol. The first kappa shape index (κ1) is 20.4. The largest absolute Gasteiger partial charge is 1.00 e. The first-order valence-electron chi connectivity index (χ1n) is 1.98. The van der Waals surface area contributed by atoms with Gasteiger partial charge in [0, 0.05) is 0 Å². The summed E-state index contributed by atoms with van der Waals surface area (Å²) in [6.07, 6.45) is 0. The monoisotopic (exact) mass is 238 g/mol. The zero-order chi connectivity index (χ0) is 7.66. The molecule has 0 aliphatic rings. The Labute approximate surface area is 156 Å². The minimum Gasteiger partial charge on any atom is -1.00 e. The molecule has 0 aromatic rings. The molecule has 0 unspecified atom stereocenters. The summed E-state index contributed by atoms with van der Waals surface area (Å²) in [5.74, 6) is 0. The first-order valence-corrected chi connectivity index (χ1v) is 1.98. The van der Waals surface area contributed by atoms with Crippen molar-refractivity contribution in [3.63, 3.8) is 0 Å². The van der Waals surface area contributed by atoms with Crippen LogP contribution >= 0.6 is 0 Å². The maximum Gasteiger partial charge on any atom is 1.00 e. The summed E-state index contributed by atoms with van der Waals surface area (Å²) < 4.78 is 0. The van der Waals surface area contributed by atoms with Crippen molar-refractivity contribution in [2.75, 3.05) is 14.2 Å². The van der Waals surface area contributed by atoms with Crippen molar-refractivity contribution in [1.29, 1.82) is 0 Å². The van der Waals surface area contributed by atoms with Gasteiger partial charge in [-0.3, -0.25) is 0 Å². The van der Waals surface area contributed by atoms with Crippen molar-refractivity contribution >= 4 is 0 Å². The third kappa shape index (κ3) is 18.7. The molecule has 0 aromatic heterocycles. The Kier molecular flexibility index (Phi) is 33.1. The number of hydrogen-bond donors (Lipinski definition) is 0. The van der Waals surface area contributed by atoms with Gasteiger partial charge in [0.05, 0.1) is 14.2 Å². The van der Waals surface area contributed by atoms with Gasteiger partial charge < -0.3 is 2.85 Å². The molecule has 0 saturated carbocycles. The van der Waals surface area contributed by atoms with Gasteiger partial charge in [-0.1, -0.05) is 0 Å². The second-order valence-corrected chi connectivity index (χ2v) is 0.742. The van der Waals surface area contributed by atoms with Crippen LogP contribution in [0.15, 0.2) is 0 Å². The summed E-state index contributed by atoms with van der Waals surface area (Å²) in [5, 5.41) is 21.8. The van der Waals surface area contributed by atoms with E-state index in [1.165, 1.54) is 14.2 Å². The van der Waals surface area contributed by atoms with E-state index in [1.807, 2.05) is 0 Å². The average Bonchev–Trinajstić information content (AvgIpc) is 1.97. The standard InChI is InChI=1S/C2H6O8.2K.2H/c1-3-5-7-9-10-8-6-4-2;;;;/h1-2H3;;;;/q;2*+1;2*-1. The van der Waals surface area contributed by atoms with Gasteiger partial charge in [0.2, 0.25) is 0 Å². The van der Waals surface area contributed by atoms with Crippen LogP contribution in [-0.4, -0.2) is 14.2 Å². The molecule has 0 amide bonds. The molecule has 0 heterocycles. The van der Waals surface area contributed by atoms with E-state index in [4.69, 9.17) is 0 Å². The molecule has 0 spiro atoms. The van der Waals surface area contributed by atoms with Crippen molar-refractivity contribution in [3.8, 4) is 0 Å². The molecule has 12 heavy (non-hydrogen) atoms. The molecule has 0 aliphatic carbocycles. The molecular formula is C2H8K2O8. The zero-order valence-electron chi connectivity index (χ0n) is 9.27. The van der Waals surface area contributed by atoms with Crippen LogP contribution in [0.3, 0.4) is 0 Å². The molecule has 0 fully saturated rings. The molecule has 0 rings (SSSR count). The Morgan fingerprint density at radius 2 is 0.833 bits per heavy atom. The summed E-state index contributed by atoms with van der Waals surface area (Å²) in [7, 11) is 2.38. The molecule has 0 aliphatic heterocycles. The van der Waals surface area contributed by atoms with E-state index in [0.717, 1.165) is 0 Å². The Balaban J connectivity index is -0.0000000675. The summed E-state index contributed by atoms with van der Waals surface area (Å²) in [4.78, 5) is 7.79. The Hall–Kier alpha value is 2.95. The molecule has 0 radical (unpaired) electrons. The van der Waals surface area contributed by atoms with Gasteiger partial charge in [0.1, 0.15) is 0 Å². The third-order valence-electron chi connectivity index (χ3n) is 0.275. The molecule has 0 N–H and O–H groups in total. The molecule has 0 aromatic carbocycles. The Morgan fingerprint density at radius 1 is 0.583 bits per heavy atom. The SMILES string of the molecule is COOOOOOOOC.[H-].[H-].[K+].[K+]. The molecule has 10 heteroatoms. The molecule has 66 valence electrons. The van der Waals surface area contributed by atoms with Crippen LogP contribution in [0.5, 0.6) is 0 Å². The third-order valence-corrected chi connectivity index (χ3v) is 0.275. The van der Waals surface area contributed by atoms with Gasteiger partial charge in [0.15, 0.2) is 0 Å². The topological polar surface area (TPSA) is 73.8 Å². The quantitative estimate of drug-likeness (QED) is 0.188. The van der Waals surface area contributed by atoms with Gasteiger partial charge >= 0.3 is 103 Å². The van der Waals surface area contributed by atoms with Crippen LogP contribution in [-0.2, 0) is 40.0 Å². The predicted molar refractivity (Wildman–Crippen MR) is 22.8 cm³/mol. The van der Waals surface area contributed by atoms with E-state index in [-0.39, 0.29) is 106 Å². The van der Waals surface area contributed by atoms with E-state index in [1.54, 1.807) is 0 Å². The van der Waals surface area contributed by atoms with Crippen LogP contribution in [0.25, 0.3) is 0 Å². The van der Waals surface area contributed by atoms with Crippen LogP contribution in [0.4, 0.5) is 0 Å². The maximum absolute atomic E-state index is 3.89. The fraction of sp³-hybridized carbons (Fsp3) is 1.00. The van der Waals surface area contributed by atoms with Crippen LogP contribution in [0, 0.1) is 0 Å². The van der Waals surface area contributed by atoms with Crippen LogP contribution < -0.4 is 103 Å². The van der Waals surface area contributed by atoms with E-state index in [9.17, 15) is 0 Å². The van der Waals surface area contributed by atoms with Crippen molar-refractivity contribution < 1.29 is 146 Å². The fourth-order valence-electron chi connectivity index (χ4n) is 0.101. The summed E-state index contributed by atoms with van der Waals surface area (Å²) >= 11 is 0. The van der Waals surface area contributed by atoms with Crippen molar-refractivity contribution in [2.45, 2.75) is 0 Å². The van der Waals surface area contributed by atoms with Gasteiger partial charge in [-0.2, -0.15) is 0 Å². The second-order valence-electron chi connectivity index (χ2n) is 0.742. The Bertz CT molecular complexity index is 63.3. The minimum absolute atomic E-state index is 0. The molecule has 8 nitrogen and oxygen atoms in total. The maximum atomic E-state index is 3.89. The molecule has 0 saturated heterocycles. The van der Waals surface area contributed by atoms with Gasteiger partial charge in [0.25, 0.3) is 0 Å². The number of rotatable bonds is 7. The van der Waals surface area contributed by atoms with Crippen molar-refractivity contribution in [3.05, 3.63) is 0 Å². The van der Waals surface area contributed by atoms with Crippen LogP contribution in [0.1, 0.15) is 2.85 Å². The normalized spacial score (nSPS) is 8.50. The Morgan fingerprint density at radius 3 is 1.08 bits per heavy atom. The van der Waals surface area contributed by atoms with Crippen molar-refractivity contribution in [2.24, 2.45) is 0 Å². The number of hydrogen-bond acceptors (Lipinski definition) is 8. The fourth-order valence-corrected chi connectivity index (χ4v) is 0.101. The predicted octanol–water partition coefficient (Wildman–Crippen LogP) is -5.98. The van der Waals surface area contributed by atoms with Crippen molar-refractivity contribution in [1.82, 2.24) is 0 Å². The summed E-state index contributed by atoms with van der Waals surface area (Å²) in [6, 6.07) is 0. The van der Waals surface area contributed by atoms with E-state index in [2.05, 4.69) is 40.0 Å². The van der Waals surface area contributed by atoms with E-state index in [0.29, 0.717) is 0 Å². The van der Waals surface area contributed by atoms with Gasteiger partial charge in [-0.15, -0.1) is 0 Å². The second kappa shape index (κ2) is 19.5. The summed E-state index contributed by atoms with van der Waals surface area (Å²) in [6.45, 7) is 0. The smallest absolute Gasteiger partial charge is 1.00 e. The summed E-state index contributed by atoms with van der Waals surface area (Å²) in [5.41, 5.74) is 0. The minimum atomic E-state index is 0. The molecular weight excluding hydrogens is 230 g/mol. The molecule has 0 atom stereocenters. The zero-order valence-corrected chi connectivity index (χ0v) is 13.5. The van der Waals surface area contributed by atoms with Gasteiger partial charge in [-0.25, -0.2) is 9.78 Å².